The number of nitrogens with two attached hydrogens (primary N) is 1. The summed E-state index contributed by atoms with van der Waals surface area (Å²) in [6.45, 7) is 11.4. The van der Waals surface area contributed by atoms with E-state index in [0.717, 1.165) is 18.6 Å². The van der Waals surface area contributed by atoms with Crippen LogP contribution in [0, 0.1) is 5.41 Å². The molecule has 0 amide bonds. The van der Waals surface area contributed by atoms with Gasteiger partial charge in [-0.2, -0.15) is 0 Å². The molecule has 2 atom stereocenters. The van der Waals surface area contributed by atoms with Gasteiger partial charge in [-0.3, -0.25) is 4.90 Å². The van der Waals surface area contributed by atoms with Crippen molar-refractivity contribution in [2.75, 3.05) is 13.1 Å². The van der Waals surface area contributed by atoms with Crippen LogP contribution < -0.4 is 5.73 Å². The number of hydrogen-bond donors (Lipinski definition) is 1. The fraction of sp³-hybridized carbons (Fsp3) is 1.00. The molecule has 0 radical (unpaired) electrons. The molecule has 0 aromatic rings. The van der Waals surface area contributed by atoms with Crippen LogP contribution in [0.5, 0.6) is 0 Å². The lowest BCUT2D eigenvalue weighted by atomic mass is 9.80. The Morgan fingerprint density at radius 1 is 1.12 bits per heavy atom. The first-order valence-electron chi connectivity index (χ1n) is 7.04. The molecule has 0 aromatic heterocycles. The Bertz CT molecular complexity index is 181. The van der Waals surface area contributed by atoms with Gasteiger partial charge in [-0.25, -0.2) is 0 Å². The summed E-state index contributed by atoms with van der Waals surface area (Å²) in [7, 11) is 0. The summed E-state index contributed by atoms with van der Waals surface area (Å²) in [6, 6.07) is 1.49. The van der Waals surface area contributed by atoms with Gasteiger partial charge in [-0.15, -0.1) is 0 Å². The Hall–Kier alpha value is -0.0800. The van der Waals surface area contributed by atoms with E-state index in [1.165, 1.54) is 38.6 Å². The molecule has 16 heavy (non-hydrogen) atoms. The van der Waals surface area contributed by atoms with Crippen LogP contribution >= 0.6 is 0 Å². The van der Waals surface area contributed by atoms with E-state index in [1.54, 1.807) is 0 Å². The highest BCUT2D eigenvalue weighted by Gasteiger charge is 2.33. The minimum Gasteiger partial charge on any atom is -0.330 e. The van der Waals surface area contributed by atoms with E-state index in [0.29, 0.717) is 5.41 Å². The quantitative estimate of drug-likeness (QED) is 0.781. The molecular formula is C14H30N2. The van der Waals surface area contributed by atoms with E-state index >= 15 is 0 Å². The minimum absolute atomic E-state index is 0.347. The molecule has 2 heteroatoms. The van der Waals surface area contributed by atoms with Crippen LogP contribution in [0.25, 0.3) is 0 Å². The van der Waals surface area contributed by atoms with Crippen LogP contribution in [0.1, 0.15) is 59.8 Å². The van der Waals surface area contributed by atoms with Gasteiger partial charge < -0.3 is 5.73 Å². The van der Waals surface area contributed by atoms with Crippen LogP contribution in [0.3, 0.4) is 0 Å². The summed E-state index contributed by atoms with van der Waals surface area (Å²) in [5.41, 5.74) is 6.36. The number of piperidine rings is 1. The predicted molar refractivity (Wildman–Crippen MR) is 71.6 cm³/mol. The van der Waals surface area contributed by atoms with Gasteiger partial charge in [0.05, 0.1) is 0 Å². The first-order chi connectivity index (χ1) is 7.58. The molecule has 0 saturated carbocycles. The standard InChI is InChI=1S/C14H30N2/c1-5-14(6-2,10-15)11-16-12(3)8-7-9-13(16)4/h12-13H,5-11,15H2,1-4H3/t12-,13+. The van der Waals surface area contributed by atoms with Crippen LogP contribution in [0.4, 0.5) is 0 Å². The van der Waals surface area contributed by atoms with Gasteiger partial charge in [0.2, 0.25) is 0 Å². The number of likely N-dealkylation sites (tertiary alicyclic amines) is 1. The van der Waals surface area contributed by atoms with Gasteiger partial charge in [0.25, 0.3) is 0 Å². The Labute approximate surface area is 102 Å². The van der Waals surface area contributed by atoms with Crippen molar-refractivity contribution in [3.8, 4) is 0 Å². The highest BCUT2D eigenvalue weighted by Crippen LogP contribution is 2.31. The van der Waals surface area contributed by atoms with Crippen LogP contribution in [0.2, 0.25) is 0 Å². The summed E-state index contributed by atoms with van der Waals surface area (Å²) in [4.78, 5) is 2.70. The van der Waals surface area contributed by atoms with E-state index in [1.807, 2.05) is 0 Å². The molecule has 96 valence electrons. The second-order valence-electron chi connectivity index (χ2n) is 5.71. The van der Waals surface area contributed by atoms with Crippen molar-refractivity contribution < 1.29 is 0 Å². The molecule has 1 heterocycles. The normalized spacial score (nSPS) is 28.3. The Balaban J connectivity index is 2.68. The number of hydrogen-bond acceptors (Lipinski definition) is 2. The molecular weight excluding hydrogens is 196 g/mol. The van der Waals surface area contributed by atoms with Crippen molar-refractivity contribution in [1.82, 2.24) is 4.90 Å². The largest absolute Gasteiger partial charge is 0.330 e. The van der Waals surface area contributed by atoms with Crippen molar-refractivity contribution in [3.05, 3.63) is 0 Å². The molecule has 0 unspecified atom stereocenters. The summed E-state index contributed by atoms with van der Waals surface area (Å²) in [5.74, 6) is 0. The van der Waals surface area contributed by atoms with Crippen molar-refractivity contribution in [2.45, 2.75) is 71.9 Å². The zero-order valence-corrected chi connectivity index (χ0v) is 11.6. The molecule has 0 spiro atoms. The van der Waals surface area contributed by atoms with Gasteiger partial charge in [0.1, 0.15) is 0 Å². The Morgan fingerprint density at radius 2 is 1.62 bits per heavy atom. The SMILES string of the molecule is CCC(CC)(CN)CN1[C@H](C)CCC[C@@H]1C. The van der Waals surface area contributed by atoms with Gasteiger partial charge in [-0.05, 0) is 51.5 Å². The molecule has 2 nitrogen and oxygen atoms in total. The summed E-state index contributed by atoms with van der Waals surface area (Å²) >= 11 is 0. The van der Waals surface area contributed by atoms with Gasteiger partial charge >= 0.3 is 0 Å². The maximum atomic E-state index is 6.01. The first kappa shape index (κ1) is 14.0. The van der Waals surface area contributed by atoms with E-state index in [-0.39, 0.29) is 0 Å². The van der Waals surface area contributed by atoms with Crippen LogP contribution in [-0.2, 0) is 0 Å². The monoisotopic (exact) mass is 226 g/mol. The van der Waals surface area contributed by atoms with Crippen molar-refractivity contribution in [1.29, 1.82) is 0 Å². The second-order valence-corrected chi connectivity index (χ2v) is 5.71. The summed E-state index contributed by atoms with van der Waals surface area (Å²) in [5, 5.41) is 0. The lowest BCUT2D eigenvalue weighted by Gasteiger charge is -2.45. The molecule has 1 rings (SSSR count). The predicted octanol–water partition coefficient (Wildman–Crippen LogP) is 3.01. The summed E-state index contributed by atoms with van der Waals surface area (Å²) < 4.78 is 0. The third-order valence-electron chi connectivity index (χ3n) is 4.83. The highest BCUT2D eigenvalue weighted by atomic mass is 15.2. The third kappa shape index (κ3) is 2.98. The average molecular weight is 226 g/mol. The van der Waals surface area contributed by atoms with Gasteiger partial charge in [-0.1, -0.05) is 20.3 Å². The lowest BCUT2D eigenvalue weighted by Crippen LogP contribution is -2.51. The molecule has 2 N–H and O–H groups in total. The fourth-order valence-corrected chi connectivity index (χ4v) is 3.00. The van der Waals surface area contributed by atoms with Crippen molar-refractivity contribution in [3.63, 3.8) is 0 Å². The van der Waals surface area contributed by atoms with E-state index in [4.69, 9.17) is 5.73 Å². The van der Waals surface area contributed by atoms with Crippen molar-refractivity contribution >= 4 is 0 Å². The smallest absolute Gasteiger partial charge is 0.00700 e. The van der Waals surface area contributed by atoms with E-state index in [9.17, 15) is 0 Å². The Morgan fingerprint density at radius 3 is 2.00 bits per heavy atom. The maximum Gasteiger partial charge on any atom is 0.00700 e. The third-order valence-corrected chi connectivity index (χ3v) is 4.83. The summed E-state index contributed by atoms with van der Waals surface area (Å²) in [6.07, 6.45) is 6.52. The molecule has 0 bridgehead atoms. The molecule has 0 aromatic carbocycles. The first-order valence-corrected chi connectivity index (χ1v) is 7.04. The molecule has 0 aliphatic carbocycles. The van der Waals surface area contributed by atoms with E-state index in [2.05, 4.69) is 32.6 Å². The fourth-order valence-electron chi connectivity index (χ4n) is 3.00. The lowest BCUT2D eigenvalue weighted by molar-refractivity contribution is 0.0466. The minimum atomic E-state index is 0.347. The second kappa shape index (κ2) is 6.02. The van der Waals surface area contributed by atoms with Crippen LogP contribution in [0.15, 0.2) is 0 Å². The average Bonchev–Trinajstić information content (AvgIpc) is 2.30. The van der Waals surface area contributed by atoms with Gasteiger partial charge in [0, 0.05) is 18.6 Å². The molecule has 1 fully saturated rings. The van der Waals surface area contributed by atoms with E-state index < -0.39 is 0 Å². The molecule has 1 aliphatic heterocycles. The number of nitrogens with zero attached hydrogens (tertiary/aromatic N) is 1. The maximum absolute atomic E-state index is 6.01. The van der Waals surface area contributed by atoms with Gasteiger partial charge in [0.15, 0.2) is 0 Å². The Kier molecular flexibility index (Phi) is 5.26. The van der Waals surface area contributed by atoms with Crippen LogP contribution in [-0.4, -0.2) is 30.1 Å². The topological polar surface area (TPSA) is 29.3 Å². The molecule has 1 aliphatic rings. The molecule has 1 saturated heterocycles. The zero-order chi connectivity index (χ0) is 12.2. The number of rotatable bonds is 5. The van der Waals surface area contributed by atoms with Crippen molar-refractivity contribution in [2.24, 2.45) is 11.1 Å². The zero-order valence-electron chi connectivity index (χ0n) is 11.6. The highest BCUT2D eigenvalue weighted by molar-refractivity contribution is 4.87.